The monoisotopic (exact) mass is 357 g/mol. The number of aromatic nitrogens is 2. The van der Waals surface area contributed by atoms with Crippen molar-refractivity contribution in [2.45, 2.75) is 37.6 Å². The standard InChI is InChI=1S/C19H27N5S/c1-24(2)16(17-4-3-11-25-17)12-21-19-14-7-9-20-10-8-15(14)22-18(23-19)13-5-6-13/h3-4,11,13,16,20H,5-10,12H2,1-2H3,(H,21,22,23)/t16-/m0/s1. The van der Waals surface area contributed by atoms with Crippen molar-refractivity contribution in [2.24, 2.45) is 0 Å². The fourth-order valence-corrected chi connectivity index (χ4v) is 4.37. The first-order chi connectivity index (χ1) is 12.2. The largest absolute Gasteiger partial charge is 0.368 e. The van der Waals surface area contributed by atoms with Crippen LogP contribution >= 0.6 is 11.3 Å². The number of rotatable bonds is 6. The van der Waals surface area contributed by atoms with Gasteiger partial charge in [0.05, 0.1) is 11.7 Å². The third-order valence-corrected chi connectivity index (χ3v) is 6.07. The topological polar surface area (TPSA) is 53.1 Å². The van der Waals surface area contributed by atoms with Crippen LogP contribution in [0.3, 0.4) is 0 Å². The van der Waals surface area contributed by atoms with Crippen LogP contribution in [0.4, 0.5) is 5.82 Å². The number of thiophene rings is 1. The predicted molar refractivity (Wildman–Crippen MR) is 104 cm³/mol. The SMILES string of the molecule is CN(C)[C@@H](CNc1nc(C2CC2)nc2c1CCNCC2)c1cccs1. The van der Waals surface area contributed by atoms with E-state index in [4.69, 9.17) is 9.97 Å². The third kappa shape index (κ3) is 3.86. The van der Waals surface area contributed by atoms with Crippen molar-refractivity contribution in [3.63, 3.8) is 0 Å². The van der Waals surface area contributed by atoms with Gasteiger partial charge in [-0.15, -0.1) is 11.3 Å². The molecule has 3 heterocycles. The number of fused-ring (bicyclic) bond motifs is 1. The average Bonchev–Trinajstić information content (AvgIpc) is 3.36. The molecule has 5 nitrogen and oxygen atoms in total. The Morgan fingerprint density at radius 1 is 1.28 bits per heavy atom. The van der Waals surface area contributed by atoms with Crippen LogP contribution in [0, 0.1) is 0 Å². The van der Waals surface area contributed by atoms with Crippen molar-refractivity contribution in [3.8, 4) is 0 Å². The Labute approximate surface area is 153 Å². The summed E-state index contributed by atoms with van der Waals surface area (Å²) in [5, 5.41) is 9.32. The van der Waals surface area contributed by atoms with Crippen LogP contribution in [0.2, 0.25) is 0 Å². The lowest BCUT2D eigenvalue weighted by atomic mass is 10.1. The molecule has 0 saturated heterocycles. The molecule has 2 N–H and O–H groups in total. The van der Waals surface area contributed by atoms with E-state index in [1.807, 2.05) is 11.3 Å². The van der Waals surface area contributed by atoms with Crippen LogP contribution in [-0.2, 0) is 12.8 Å². The van der Waals surface area contributed by atoms with E-state index >= 15 is 0 Å². The molecule has 2 aromatic rings. The Morgan fingerprint density at radius 3 is 2.84 bits per heavy atom. The van der Waals surface area contributed by atoms with Gasteiger partial charge in [-0.05, 0) is 51.3 Å². The van der Waals surface area contributed by atoms with Gasteiger partial charge in [0.2, 0.25) is 0 Å². The lowest BCUT2D eigenvalue weighted by Gasteiger charge is -2.25. The first kappa shape index (κ1) is 16.9. The van der Waals surface area contributed by atoms with Crippen molar-refractivity contribution in [3.05, 3.63) is 39.5 Å². The average molecular weight is 358 g/mol. The van der Waals surface area contributed by atoms with E-state index in [2.05, 4.69) is 47.1 Å². The summed E-state index contributed by atoms with van der Waals surface area (Å²) in [5.41, 5.74) is 2.57. The van der Waals surface area contributed by atoms with Gasteiger partial charge in [0, 0.05) is 35.9 Å². The van der Waals surface area contributed by atoms with Gasteiger partial charge in [-0.25, -0.2) is 9.97 Å². The van der Waals surface area contributed by atoms with Gasteiger partial charge in [0.1, 0.15) is 11.6 Å². The van der Waals surface area contributed by atoms with Gasteiger partial charge in [-0.2, -0.15) is 0 Å². The summed E-state index contributed by atoms with van der Waals surface area (Å²) in [6.07, 6.45) is 4.50. The van der Waals surface area contributed by atoms with E-state index in [1.54, 1.807) is 0 Å². The number of hydrogen-bond donors (Lipinski definition) is 2. The fraction of sp³-hybridized carbons (Fsp3) is 0.579. The molecule has 2 aliphatic rings. The molecule has 1 atom stereocenters. The third-order valence-electron chi connectivity index (χ3n) is 5.10. The maximum absolute atomic E-state index is 4.94. The number of anilines is 1. The Hall–Kier alpha value is -1.50. The number of hydrogen-bond acceptors (Lipinski definition) is 6. The maximum atomic E-state index is 4.94. The molecule has 0 unspecified atom stereocenters. The highest BCUT2D eigenvalue weighted by Gasteiger charge is 2.29. The molecule has 0 spiro atoms. The van der Waals surface area contributed by atoms with Gasteiger partial charge >= 0.3 is 0 Å². The zero-order chi connectivity index (χ0) is 17.2. The van der Waals surface area contributed by atoms with E-state index in [-0.39, 0.29) is 0 Å². The molecule has 134 valence electrons. The van der Waals surface area contributed by atoms with Gasteiger partial charge in [0.15, 0.2) is 0 Å². The van der Waals surface area contributed by atoms with Crippen molar-refractivity contribution in [1.29, 1.82) is 0 Å². The molecule has 1 aliphatic heterocycles. The normalized spacial score (nSPS) is 18.7. The zero-order valence-electron chi connectivity index (χ0n) is 15.1. The molecule has 1 fully saturated rings. The highest BCUT2D eigenvalue weighted by Crippen LogP contribution is 2.39. The molecule has 25 heavy (non-hydrogen) atoms. The second-order valence-corrected chi connectivity index (χ2v) is 8.23. The molecule has 0 radical (unpaired) electrons. The van der Waals surface area contributed by atoms with E-state index < -0.39 is 0 Å². The van der Waals surface area contributed by atoms with E-state index in [9.17, 15) is 0 Å². The summed E-state index contributed by atoms with van der Waals surface area (Å²) in [6, 6.07) is 4.71. The lowest BCUT2D eigenvalue weighted by molar-refractivity contribution is 0.316. The van der Waals surface area contributed by atoms with Crippen molar-refractivity contribution >= 4 is 17.2 Å². The number of likely N-dealkylation sites (N-methyl/N-ethyl adjacent to an activating group) is 1. The summed E-state index contributed by atoms with van der Waals surface area (Å²) >= 11 is 1.82. The molecular weight excluding hydrogens is 330 g/mol. The molecular formula is C19H27N5S. The summed E-state index contributed by atoms with van der Waals surface area (Å²) in [6.45, 7) is 2.90. The lowest BCUT2D eigenvalue weighted by Crippen LogP contribution is -2.27. The minimum absolute atomic E-state index is 0.360. The van der Waals surface area contributed by atoms with E-state index in [0.717, 1.165) is 44.1 Å². The molecule has 1 aliphatic carbocycles. The molecule has 4 rings (SSSR count). The smallest absolute Gasteiger partial charge is 0.134 e. The van der Waals surface area contributed by atoms with Crippen LogP contribution in [0.5, 0.6) is 0 Å². The van der Waals surface area contributed by atoms with Crippen LogP contribution in [0.25, 0.3) is 0 Å². The molecule has 2 aromatic heterocycles. The van der Waals surface area contributed by atoms with Crippen LogP contribution < -0.4 is 10.6 Å². The maximum Gasteiger partial charge on any atom is 0.134 e. The number of nitrogens with zero attached hydrogens (tertiary/aromatic N) is 3. The Bertz CT molecular complexity index is 709. The Morgan fingerprint density at radius 2 is 2.12 bits per heavy atom. The van der Waals surface area contributed by atoms with Crippen LogP contribution in [0.1, 0.15) is 46.8 Å². The minimum Gasteiger partial charge on any atom is -0.368 e. The van der Waals surface area contributed by atoms with Crippen LogP contribution in [0.15, 0.2) is 17.5 Å². The summed E-state index contributed by atoms with van der Waals surface area (Å²) in [5.74, 6) is 2.71. The highest BCUT2D eigenvalue weighted by molar-refractivity contribution is 7.10. The summed E-state index contributed by atoms with van der Waals surface area (Å²) < 4.78 is 0. The quantitative estimate of drug-likeness (QED) is 0.833. The molecule has 0 bridgehead atoms. The molecule has 0 aromatic carbocycles. The fourth-order valence-electron chi connectivity index (χ4n) is 3.45. The molecule has 1 saturated carbocycles. The molecule has 6 heteroatoms. The van der Waals surface area contributed by atoms with Gasteiger partial charge in [-0.1, -0.05) is 6.07 Å². The predicted octanol–water partition coefficient (Wildman–Crippen LogP) is 2.82. The van der Waals surface area contributed by atoms with Crippen LogP contribution in [-0.4, -0.2) is 48.6 Å². The van der Waals surface area contributed by atoms with E-state index in [1.165, 1.54) is 29.0 Å². The summed E-state index contributed by atoms with van der Waals surface area (Å²) in [7, 11) is 4.29. The van der Waals surface area contributed by atoms with Crippen molar-refractivity contribution in [2.75, 3.05) is 39.0 Å². The number of nitrogens with one attached hydrogen (secondary N) is 2. The Kier molecular flexibility index (Phi) is 5.01. The Balaban J connectivity index is 1.59. The van der Waals surface area contributed by atoms with E-state index in [0.29, 0.717) is 12.0 Å². The molecule has 0 amide bonds. The summed E-state index contributed by atoms with van der Waals surface area (Å²) in [4.78, 5) is 13.5. The van der Waals surface area contributed by atoms with Gasteiger partial charge in [0.25, 0.3) is 0 Å². The van der Waals surface area contributed by atoms with Gasteiger partial charge in [-0.3, -0.25) is 0 Å². The van der Waals surface area contributed by atoms with Crippen molar-refractivity contribution < 1.29 is 0 Å². The highest BCUT2D eigenvalue weighted by atomic mass is 32.1. The first-order valence-corrected chi connectivity index (χ1v) is 10.1. The minimum atomic E-state index is 0.360. The first-order valence-electron chi connectivity index (χ1n) is 9.26. The zero-order valence-corrected chi connectivity index (χ0v) is 15.9. The van der Waals surface area contributed by atoms with Crippen molar-refractivity contribution in [1.82, 2.24) is 20.2 Å². The second kappa shape index (κ2) is 7.40. The second-order valence-electron chi connectivity index (χ2n) is 7.26. The van der Waals surface area contributed by atoms with Gasteiger partial charge < -0.3 is 15.5 Å².